The Balaban J connectivity index is 1.27. The van der Waals surface area contributed by atoms with Gasteiger partial charge in [-0.2, -0.15) is 0 Å². The number of rotatable bonds is 15. The average Bonchev–Trinajstić information content (AvgIpc) is 3.55. The molecule has 0 atom stereocenters. The van der Waals surface area contributed by atoms with Crippen molar-refractivity contribution in [1.29, 1.82) is 0 Å². The van der Waals surface area contributed by atoms with Crippen molar-refractivity contribution in [3.05, 3.63) is 65.3 Å². The number of likely N-dealkylation sites (N-methyl/N-ethyl adjacent to an activating group) is 1. The number of nitrogens with zero attached hydrogens (tertiary/aromatic N) is 6. The highest BCUT2D eigenvalue weighted by Gasteiger charge is 2.20. The second kappa shape index (κ2) is 15.5. The molecule has 0 aliphatic carbocycles. The Morgan fingerprint density at radius 1 is 1.00 bits per heavy atom. The second-order valence-electron chi connectivity index (χ2n) is 12.3. The summed E-state index contributed by atoms with van der Waals surface area (Å²) in [6.45, 7) is 14.3. The number of imidazole rings is 1. The molecular weight excluding hydrogens is 566 g/mol. The molecule has 3 heterocycles. The minimum atomic E-state index is 0.110. The predicted molar refractivity (Wildman–Crippen MR) is 179 cm³/mol. The number of aromatic nitrogens is 3. The minimum Gasteiger partial charge on any atom is -0.494 e. The van der Waals surface area contributed by atoms with Crippen LogP contribution in [0.4, 0.5) is 0 Å². The van der Waals surface area contributed by atoms with E-state index in [0.29, 0.717) is 13.1 Å². The summed E-state index contributed by atoms with van der Waals surface area (Å²) in [5.41, 5.74) is 6.44. The normalized spacial score (nSPS) is 14.4. The van der Waals surface area contributed by atoms with Crippen LogP contribution in [-0.4, -0.2) is 108 Å². The number of carbonyl (C=O) groups is 1. The van der Waals surface area contributed by atoms with Crippen molar-refractivity contribution in [3.63, 3.8) is 0 Å². The van der Waals surface area contributed by atoms with Gasteiger partial charge < -0.3 is 24.0 Å². The highest BCUT2D eigenvalue weighted by Crippen LogP contribution is 2.30. The number of aryl methyl sites for hydroxylation is 4. The fraction of sp³-hybridized carbons (Fsp3) is 0.514. The summed E-state index contributed by atoms with van der Waals surface area (Å²) in [5, 5.41) is 7.07. The molecule has 0 spiro atoms. The summed E-state index contributed by atoms with van der Waals surface area (Å²) in [6.07, 6.45) is 2.76. The molecule has 1 N–H and O–H groups in total. The summed E-state index contributed by atoms with van der Waals surface area (Å²) in [7, 11) is 4.17. The third-order valence-electron chi connectivity index (χ3n) is 8.57. The molecule has 1 aliphatic heterocycles. The van der Waals surface area contributed by atoms with E-state index in [1.807, 2.05) is 20.8 Å². The van der Waals surface area contributed by atoms with E-state index in [-0.39, 0.29) is 5.91 Å². The van der Waals surface area contributed by atoms with Gasteiger partial charge in [0.15, 0.2) is 0 Å². The number of hydrogen-bond acceptors (Lipinski definition) is 8. The monoisotopic (exact) mass is 615 g/mol. The van der Waals surface area contributed by atoms with E-state index in [4.69, 9.17) is 14.2 Å². The molecule has 0 bridgehead atoms. The molecule has 0 saturated carbocycles. The van der Waals surface area contributed by atoms with Crippen LogP contribution in [0.25, 0.3) is 22.2 Å². The van der Waals surface area contributed by atoms with E-state index in [9.17, 15) is 4.79 Å². The molecular formula is C35H49N7O3. The van der Waals surface area contributed by atoms with E-state index in [2.05, 4.69) is 86.3 Å². The summed E-state index contributed by atoms with van der Waals surface area (Å²) in [6, 6.07) is 15.0. The lowest BCUT2D eigenvalue weighted by atomic mass is 10.0. The van der Waals surface area contributed by atoms with Gasteiger partial charge in [-0.3, -0.25) is 14.6 Å². The molecule has 0 radical (unpaired) electrons. The van der Waals surface area contributed by atoms with Gasteiger partial charge >= 0.3 is 0 Å². The summed E-state index contributed by atoms with van der Waals surface area (Å²) >= 11 is 0. The number of hydrogen-bond donors (Lipinski definition) is 1. The van der Waals surface area contributed by atoms with Crippen LogP contribution in [0.15, 0.2) is 47.0 Å². The maximum absolute atomic E-state index is 12.0. The van der Waals surface area contributed by atoms with Gasteiger partial charge in [0, 0.05) is 64.3 Å². The van der Waals surface area contributed by atoms with Gasteiger partial charge in [-0.05, 0) is 83.1 Å². The highest BCUT2D eigenvalue weighted by atomic mass is 16.5. The zero-order valence-corrected chi connectivity index (χ0v) is 27.6. The Morgan fingerprint density at radius 3 is 2.44 bits per heavy atom. The molecule has 5 rings (SSSR count). The molecule has 2 aromatic heterocycles. The van der Waals surface area contributed by atoms with Crippen molar-refractivity contribution in [1.82, 2.24) is 34.7 Å². The molecule has 2 aromatic carbocycles. The summed E-state index contributed by atoms with van der Waals surface area (Å²) in [5.74, 6) is 2.95. The Kier molecular flexibility index (Phi) is 11.3. The molecule has 4 aromatic rings. The Labute approximate surface area is 267 Å². The molecule has 1 aliphatic rings. The van der Waals surface area contributed by atoms with Crippen LogP contribution in [0.1, 0.15) is 36.2 Å². The van der Waals surface area contributed by atoms with E-state index >= 15 is 0 Å². The Bertz CT molecular complexity index is 1520. The number of nitrogens with one attached hydrogen (secondary N) is 1. The highest BCUT2D eigenvalue weighted by molar-refractivity contribution is 5.83. The number of carbonyl (C=O) groups excluding carboxylic acids is 1. The molecule has 1 fully saturated rings. The van der Waals surface area contributed by atoms with Gasteiger partial charge in [0.05, 0.1) is 29.9 Å². The Morgan fingerprint density at radius 2 is 1.76 bits per heavy atom. The van der Waals surface area contributed by atoms with Crippen molar-refractivity contribution in [2.75, 3.05) is 73.1 Å². The fourth-order valence-corrected chi connectivity index (χ4v) is 6.12. The maximum atomic E-state index is 12.0. The van der Waals surface area contributed by atoms with Gasteiger partial charge in [-0.25, -0.2) is 4.98 Å². The zero-order valence-electron chi connectivity index (χ0n) is 27.6. The van der Waals surface area contributed by atoms with Crippen molar-refractivity contribution in [3.8, 4) is 16.9 Å². The van der Waals surface area contributed by atoms with Crippen molar-refractivity contribution < 1.29 is 14.1 Å². The average molecular weight is 616 g/mol. The lowest BCUT2D eigenvalue weighted by Gasteiger charge is -2.34. The van der Waals surface area contributed by atoms with Crippen molar-refractivity contribution in [2.45, 2.75) is 46.6 Å². The third-order valence-corrected chi connectivity index (χ3v) is 8.57. The van der Waals surface area contributed by atoms with E-state index in [1.54, 1.807) is 0 Å². The zero-order chi connectivity index (χ0) is 31.8. The van der Waals surface area contributed by atoms with Gasteiger partial charge in [0.1, 0.15) is 17.3 Å². The standard InChI is InChI=1S/C35H49N7O3/c1-6-36-34(43)25-41-19-17-40(18-20-41)21-22-42-32-14-11-29(35-26(2)38-45-27(35)3)24-31(32)37-33(42)15-10-28-8-12-30(13-9-28)44-23-7-16-39(4)5/h8-9,11-14,24H,6-7,10,15-23,25H2,1-5H3,(H,36,43). The number of fused-ring (bicyclic) bond motifs is 1. The van der Waals surface area contributed by atoms with E-state index in [0.717, 1.165) is 117 Å². The van der Waals surface area contributed by atoms with Crippen LogP contribution >= 0.6 is 0 Å². The second-order valence-corrected chi connectivity index (χ2v) is 12.3. The van der Waals surface area contributed by atoms with Gasteiger partial charge in [0.2, 0.25) is 5.91 Å². The molecule has 0 unspecified atom stereocenters. The van der Waals surface area contributed by atoms with Gasteiger partial charge in [0.25, 0.3) is 0 Å². The lowest BCUT2D eigenvalue weighted by Crippen LogP contribution is -2.50. The Hall–Kier alpha value is -3.73. The summed E-state index contributed by atoms with van der Waals surface area (Å²) < 4.78 is 13.8. The van der Waals surface area contributed by atoms with Crippen molar-refractivity contribution in [2.24, 2.45) is 0 Å². The first-order valence-corrected chi connectivity index (χ1v) is 16.3. The molecule has 45 heavy (non-hydrogen) atoms. The number of piperazine rings is 1. The quantitative estimate of drug-likeness (QED) is 0.199. The molecule has 242 valence electrons. The maximum Gasteiger partial charge on any atom is 0.234 e. The van der Waals surface area contributed by atoms with Crippen LogP contribution in [0.2, 0.25) is 0 Å². The molecule has 1 saturated heterocycles. The van der Waals surface area contributed by atoms with Crippen LogP contribution in [0, 0.1) is 13.8 Å². The van der Waals surface area contributed by atoms with Crippen LogP contribution in [0.5, 0.6) is 5.75 Å². The minimum absolute atomic E-state index is 0.110. The SMILES string of the molecule is CCNC(=O)CN1CCN(CCn2c(CCc3ccc(OCCCN(C)C)cc3)nc3cc(-c4c(C)noc4C)ccc32)CC1. The molecule has 10 nitrogen and oxygen atoms in total. The number of benzene rings is 2. The van der Waals surface area contributed by atoms with Crippen LogP contribution in [-0.2, 0) is 24.2 Å². The third kappa shape index (κ3) is 8.71. The van der Waals surface area contributed by atoms with Crippen molar-refractivity contribution >= 4 is 16.9 Å². The first-order chi connectivity index (χ1) is 21.8. The first kappa shape index (κ1) is 32.7. The summed E-state index contributed by atoms with van der Waals surface area (Å²) in [4.78, 5) is 24.1. The predicted octanol–water partition coefficient (Wildman–Crippen LogP) is 4.18. The molecule has 10 heteroatoms. The number of amides is 1. The first-order valence-electron chi connectivity index (χ1n) is 16.3. The number of ether oxygens (including phenoxy) is 1. The lowest BCUT2D eigenvalue weighted by molar-refractivity contribution is -0.122. The smallest absolute Gasteiger partial charge is 0.234 e. The van der Waals surface area contributed by atoms with Crippen LogP contribution < -0.4 is 10.1 Å². The van der Waals surface area contributed by atoms with E-state index in [1.165, 1.54) is 5.56 Å². The topological polar surface area (TPSA) is 91.9 Å². The van der Waals surface area contributed by atoms with Crippen LogP contribution in [0.3, 0.4) is 0 Å². The van der Waals surface area contributed by atoms with Gasteiger partial charge in [-0.15, -0.1) is 0 Å². The fourth-order valence-electron chi connectivity index (χ4n) is 6.12. The largest absolute Gasteiger partial charge is 0.494 e. The van der Waals surface area contributed by atoms with Gasteiger partial charge in [-0.1, -0.05) is 23.4 Å². The molecule has 1 amide bonds. The van der Waals surface area contributed by atoms with E-state index < -0.39 is 0 Å².